The lowest BCUT2D eigenvalue weighted by molar-refractivity contribution is 0.112. The van der Waals surface area contributed by atoms with Crippen LogP contribution in [0.1, 0.15) is 14.5 Å². The van der Waals surface area contributed by atoms with Gasteiger partial charge in [-0.25, -0.2) is 4.98 Å². The minimum Gasteiger partial charge on any atom is -0.351 e. The van der Waals surface area contributed by atoms with E-state index in [1.807, 2.05) is 18.0 Å². The summed E-state index contributed by atoms with van der Waals surface area (Å²) >= 11 is 8.90. The van der Waals surface area contributed by atoms with Crippen LogP contribution in [-0.2, 0) is 6.42 Å². The monoisotopic (exact) mass is 286 g/mol. The van der Waals surface area contributed by atoms with Gasteiger partial charge < -0.3 is 4.90 Å². The predicted molar refractivity (Wildman–Crippen MR) is 73.8 cm³/mol. The number of hydrogen-bond acceptors (Lipinski definition) is 5. The first-order valence-corrected chi connectivity index (χ1v) is 7.13. The fourth-order valence-electron chi connectivity index (χ4n) is 1.37. The Morgan fingerprint density at radius 3 is 3.00 bits per heavy atom. The summed E-state index contributed by atoms with van der Waals surface area (Å²) in [6.45, 7) is 0.864. The number of aldehydes is 1. The highest BCUT2D eigenvalue weighted by Gasteiger charge is 2.11. The third-order valence-corrected chi connectivity index (χ3v) is 4.74. The molecule has 0 radical (unpaired) electrons. The van der Waals surface area contributed by atoms with Crippen molar-refractivity contribution in [3.63, 3.8) is 0 Å². The zero-order chi connectivity index (χ0) is 12.3. The van der Waals surface area contributed by atoms with Crippen molar-refractivity contribution < 1.29 is 4.79 Å². The van der Waals surface area contributed by atoms with Crippen LogP contribution in [0.4, 0.5) is 5.13 Å². The number of anilines is 1. The Morgan fingerprint density at radius 2 is 2.41 bits per heavy atom. The van der Waals surface area contributed by atoms with Crippen LogP contribution >= 0.6 is 34.3 Å². The van der Waals surface area contributed by atoms with Gasteiger partial charge in [0.05, 0.1) is 0 Å². The fraction of sp³-hybridized carbons (Fsp3) is 0.273. The van der Waals surface area contributed by atoms with Gasteiger partial charge in [0.25, 0.3) is 0 Å². The molecule has 0 aliphatic rings. The molecule has 0 aliphatic carbocycles. The minimum atomic E-state index is 0.294. The SMILES string of the molecule is CN(CCc1cccs1)c1nc(Cl)c(C=O)s1. The zero-order valence-electron chi connectivity index (χ0n) is 9.22. The van der Waals surface area contributed by atoms with Crippen LogP contribution in [0, 0.1) is 0 Å². The van der Waals surface area contributed by atoms with Gasteiger partial charge in [-0.05, 0) is 17.9 Å². The van der Waals surface area contributed by atoms with Crippen molar-refractivity contribution in [2.45, 2.75) is 6.42 Å². The molecule has 0 spiro atoms. The van der Waals surface area contributed by atoms with E-state index in [0.29, 0.717) is 10.0 Å². The largest absolute Gasteiger partial charge is 0.351 e. The molecule has 3 nitrogen and oxygen atoms in total. The van der Waals surface area contributed by atoms with Crippen LogP contribution < -0.4 is 4.90 Å². The molecular weight excluding hydrogens is 276 g/mol. The number of aromatic nitrogens is 1. The van der Waals surface area contributed by atoms with E-state index in [9.17, 15) is 4.79 Å². The van der Waals surface area contributed by atoms with E-state index in [1.54, 1.807) is 11.3 Å². The summed E-state index contributed by atoms with van der Waals surface area (Å²) in [7, 11) is 1.96. The molecule has 0 atom stereocenters. The second-order valence-corrected chi connectivity index (χ2v) is 5.92. The van der Waals surface area contributed by atoms with E-state index >= 15 is 0 Å². The number of thiazole rings is 1. The zero-order valence-corrected chi connectivity index (χ0v) is 11.6. The van der Waals surface area contributed by atoms with E-state index in [2.05, 4.69) is 16.4 Å². The molecule has 2 rings (SSSR count). The van der Waals surface area contributed by atoms with E-state index in [-0.39, 0.29) is 0 Å². The van der Waals surface area contributed by atoms with Crippen LogP contribution in [0.15, 0.2) is 17.5 Å². The Morgan fingerprint density at radius 1 is 1.59 bits per heavy atom. The Bertz CT molecular complexity index is 496. The molecule has 0 N–H and O–H groups in total. The highest BCUT2D eigenvalue weighted by Crippen LogP contribution is 2.27. The first kappa shape index (κ1) is 12.5. The van der Waals surface area contributed by atoms with Crippen molar-refractivity contribution in [1.29, 1.82) is 0 Å². The van der Waals surface area contributed by atoms with Crippen LogP contribution in [0.25, 0.3) is 0 Å². The van der Waals surface area contributed by atoms with Crippen LogP contribution in [0.2, 0.25) is 5.15 Å². The molecule has 0 amide bonds. The maximum Gasteiger partial charge on any atom is 0.187 e. The summed E-state index contributed by atoms with van der Waals surface area (Å²) in [5.41, 5.74) is 0. The molecule has 0 unspecified atom stereocenters. The fourth-order valence-corrected chi connectivity index (χ4v) is 3.11. The van der Waals surface area contributed by atoms with E-state index in [1.165, 1.54) is 16.2 Å². The molecule has 0 aliphatic heterocycles. The average molecular weight is 287 g/mol. The molecule has 6 heteroatoms. The van der Waals surface area contributed by atoms with Gasteiger partial charge in [-0.1, -0.05) is 29.0 Å². The second-order valence-electron chi connectivity index (χ2n) is 3.52. The molecule has 90 valence electrons. The van der Waals surface area contributed by atoms with Crippen molar-refractivity contribution in [1.82, 2.24) is 4.98 Å². The molecule has 2 heterocycles. The second kappa shape index (κ2) is 5.62. The maximum atomic E-state index is 10.7. The summed E-state index contributed by atoms with van der Waals surface area (Å²) in [6.07, 6.45) is 1.72. The van der Waals surface area contributed by atoms with E-state index in [4.69, 9.17) is 11.6 Å². The number of rotatable bonds is 5. The van der Waals surface area contributed by atoms with Gasteiger partial charge in [0.2, 0.25) is 0 Å². The molecule has 0 fully saturated rings. The van der Waals surface area contributed by atoms with Crippen molar-refractivity contribution in [2.75, 3.05) is 18.5 Å². The minimum absolute atomic E-state index is 0.294. The number of thiophene rings is 1. The molecule has 2 aromatic rings. The van der Waals surface area contributed by atoms with Crippen LogP contribution in [-0.4, -0.2) is 24.9 Å². The smallest absolute Gasteiger partial charge is 0.187 e. The predicted octanol–water partition coefficient (Wildman–Crippen LogP) is 3.35. The summed E-state index contributed by atoms with van der Waals surface area (Å²) < 4.78 is 0. The van der Waals surface area contributed by atoms with E-state index < -0.39 is 0 Å². The van der Waals surface area contributed by atoms with Crippen LogP contribution in [0.5, 0.6) is 0 Å². The third kappa shape index (κ3) is 3.06. The Labute approximate surface area is 113 Å². The Hall–Kier alpha value is -0.910. The number of carbonyl (C=O) groups excluding carboxylic acids is 1. The van der Waals surface area contributed by atoms with Crippen molar-refractivity contribution in [2.24, 2.45) is 0 Å². The summed E-state index contributed by atoms with van der Waals surface area (Å²) in [6, 6.07) is 4.16. The normalized spacial score (nSPS) is 10.5. The highest BCUT2D eigenvalue weighted by molar-refractivity contribution is 7.17. The van der Waals surface area contributed by atoms with Gasteiger partial charge in [0, 0.05) is 18.5 Å². The van der Waals surface area contributed by atoms with Crippen molar-refractivity contribution in [3.05, 3.63) is 32.4 Å². The first-order valence-electron chi connectivity index (χ1n) is 5.05. The first-order chi connectivity index (χ1) is 8.20. The summed E-state index contributed by atoms with van der Waals surface area (Å²) in [4.78, 5) is 18.7. The van der Waals surface area contributed by atoms with E-state index in [0.717, 1.165) is 24.4 Å². The summed E-state index contributed by atoms with van der Waals surface area (Å²) in [5.74, 6) is 0. The maximum absolute atomic E-state index is 10.7. The molecule has 0 aromatic carbocycles. The Balaban J connectivity index is 1.99. The number of carbonyl (C=O) groups is 1. The number of hydrogen-bond donors (Lipinski definition) is 0. The Kier molecular flexibility index (Phi) is 4.15. The standard InChI is InChI=1S/C11H11ClN2OS2/c1-14(5-4-8-3-2-6-16-8)11-13-10(12)9(7-15)17-11/h2-3,6-7H,4-5H2,1H3. The molecule has 0 saturated carbocycles. The number of likely N-dealkylation sites (N-methyl/N-ethyl adjacent to an activating group) is 1. The highest BCUT2D eigenvalue weighted by atomic mass is 35.5. The third-order valence-electron chi connectivity index (χ3n) is 2.31. The van der Waals surface area contributed by atoms with Gasteiger partial charge in [0.1, 0.15) is 4.88 Å². The quantitative estimate of drug-likeness (QED) is 0.790. The topological polar surface area (TPSA) is 33.2 Å². The molecule has 17 heavy (non-hydrogen) atoms. The molecule has 2 aromatic heterocycles. The van der Waals surface area contributed by atoms with Gasteiger partial charge in [-0.2, -0.15) is 0 Å². The number of halogens is 1. The van der Waals surface area contributed by atoms with Gasteiger partial charge in [-0.15, -0.1) is 11.3 Å². The molecule has 0 bridgehead atoms. The average Bonchev–Trinajstić information content (AvgIpc) is 2.94. The summed E-state index contributed by atoms with van der Waals surface area (Å²) in [5, 5.41) is 3.15. The van der Waals surface area contributed by atoms with Gasteiger partial charge in [0.15, 0.2) is 16.6 Å². The van der Waals surface area contributed by atoms with Gasteiger partial charge >= 0.3 is 0 Å². The van der Waals surface area contributed by atoms with Gasteiger partial charge in [-0.3, -0.25) is 4.79 Å². The lowest BCUT2D eigenvalue weighted by Gasteiger charge is -2.14. The van der Waals surface area contributed by atoms with Crippen LogP contribution in [0.3, 0.4) is 0 Å². The molecule has 0 saturated heterocycles. The molecular formula is C11H11ClN2OS2. The lowest BCUT2D eigenvalue weighted by Crippen LogP contribution is -2.19. The lowest BCUT2D eigenvalue weighted by atomic mass is 10.3. The number of nitrogens with zero attached hydrogens (tertiary/aromatic N) is 2. The van der Waals surface area contributed by atoms with Crippen molar-refractivity contribution >= 4 is 45.7 Å². The van der Waals surface area contributed by atoms with Crippen molar-refractivity contribution in [3.8, 4) is 0 Å².